The normalized spacial score (nSPS) is 47.3. The van der Waals surface area contributed by atoms with Gasteiger partial charge in [0.2, 0.25) is 0 Å². The van der Waals surface area contributed by atoms with Gasteiger partial charge < -0.3 is 10.2 Å². The molecule has 0 aromatic heterocycles. The summed E-state index contributed by atoms with van der Waals surface area (Å²) in [5, 5.41) is 19.8. The van der Waals surface area contributed by atoms with E-state index in [-0.39, 0.29) is 12.2 Å². The SMILES string of the molecule is CC(O)CCC(C)C1CCC2C3CC=C4CC(O)CCC4C3CCC12C. The Balaban J connectivity index is 1.49. The Morgan fingerprint density at radius 2 is 1.88 bits per heavy atom. The van der Waals surface area contributed by atoms with Crippen LogP contribution < -0.4 is 0 Å². The minimum Gasteiger partial charge on any atom is -0.393 e. The second kappa shape index (κ2) is 7.24. The van der Waals surface area contributed by atoms with Gasteiger partial charge in [0.1, 0.15) is 0 Å². The van der Waals surface area contributed by atoms with Crippen molar-refractivity contribution < 1.29 is 10.2 Å². The molecule has 4 rings (SSSR count). The third kappa shape index (κ3) is 3.20. The topological polar surface area (TPSA) is 40.5 Å². The minimum atomic E-state index is -0.151. The molecule has 0 spiro atoms. The van der Waals surface area contributed by atoms with Crippen molar-refractivity contribution in [3.05, 3.63) is 11.6 Å². The van der Waals surface area contributed by atoms with Gasteiger partial charge in [-0.05, 0) is 112 Å². The number of aliphatic hydroxyl groups excluding tert-OH is 2. The second-order valence-corrected chi connectivity index (χ2v) is 10.6. The Morgan fingerprint density at radius 1 is 1.08 bits per heavy atom. The highest BCUT2D eigenvalue weighted by atomic mass is 16.3. The fraction of sp³-hybridized carbons (Fsp3) is 0.917. The molecule has 2 N–H and O–H groups in total. The zero-order valence-electron chi connectivity index (χ0n) is 17.2. The van der Waals surface area contributed by atoms with Gasteiger partial charge in [0.15, 0.2) is 0 Å². The van der Waals surface area contributed by atoms with E-state index in [4.69, 9.17) is 0 Å². The molecule has 9 atom stereocenters. The van der Waals surface area contributed by atoms with E-state index >= 15 is 0 Å². The first kappa shape index (κ1) is 19.0. The summed E-state index contributed by atoms with van der Waals surface area (Å²) in [5.74, 6) is 5.08. The lowest BCUT2D eigenvalue weighted by molar-refractivity contribution is -0.0301. The highest BCUT2D eigenvalue weighted by Crippen LogP contribution is 2.64. The molecule has 2 nitrogen and oxygen atoms in total. The first-order chi connectivity index (χ1) is 12.4. The summed E-state index contributed by atoms with van der Waals surface area (Å²) in [6, 6.07) is 0. The van der Waals surface area contributed by atoms with Gasteiger partial charge in [0, 0.05) is 0 Å². The smallest absolute Gasteiger partial charge is 0.0577 e. The van der Waals surface area contributed by atoms with E-state index in [0.717, 1.165) is 54.8 Å². The van der Waals surface area contributed by atoms with Gasteiger partial charge >= 0.3 is 0 Å². The van der Waals surface area contributed by atoms with Gasteiger partial charge in [0.25, 0.3) is 0 Å². The highest BCUT2D eigenvalue weighted by Gasteiger charge is 2.56. The van der Waals surface area contributed by atoms with E-state index < -0.39 is 0 Å². The van der Waals surface area contributed by atoms with Crippen LogP contribution in [0, 0.1) is 40.9 Å². The quantitative estimate of drug-likeness (QED) is 0.665. The molecule has 3 fully saturated rings. The maximum atomic E-state index is 10.1. The molecule has 0 aliphatic heterocycles. The molecule has 0 radical (unpaired) electrons. The van der Waals surface area contributed by atoms with Crippen LogP contribution in [0.1, 0.15) is 85.0 Å². The Kier molecular flexibility index (Phi) is 5.29. The van der Waals surface area contributed by atoms with Crippen LogP contribution in [-0.2, 0) is 0 Å². The van der Waals surface area contributed by atoms with Gasteiger partial charge in [-0.15, -0.1) is 0 Å². The van der Waals surface area contributed by atoms with Gasteiger partial charge in [-0.2, -0.15) is 0 Å². The molecule has 0 aromatic carbocycles. The number of rotatable bonds is 4. The van der Waals surface area contributed by atoms with E-state index in [2.05, 4.69) is 19.9 Å². The number of allylic oxidation sites excluding steroid dienone is 1. The summed E-state index contributed by atoms with van der Waals surface area (Å²) in [5.41, 5.74) is 2.13. The lowest BCUT2D eigenvalue weighted by Crippen LogP contribution is -2.47. The lowest BCUT2D eigenvalue weighted by atomic mass is 9.51. The van der Waals surface area contributed by atoms with E-state index in [1.54, 1.807) is 5.57 Å². The summed E-state index contributed by atoms with van der Waals surface area (Å²) in [7, 11) is 0. The molecular formula is C24H40O2. The van der Waals surface area contributed by atoms with Gasteiger partial charge in [-0.1, -0.05) is 25.5 Å². The van der Waals surface area contributed by atoms with Crippen LogP contribution in [0.15, 0.2) is 11.6 Å². The molecule has 0 saturated heterocycles. The predicted octanol–water partition coefficient (Wildman–Crippen LogP) is 5.33. The summed E-state index contributed by atoms with van der Waals surface area (Å²) < 4.78 is 0. The van der Waals surface area contributed by atoms with Crippen LogP contribution in [0.4, 0.5) is 0 Å². The average Bonchev–Trinajstić information content (AvgIpc) is 2.96. The molecule has 0 amide bonds. The molecule has 0 bridgehead atoms. The second-order valence-electron chi connectivity index (χ2n) is 10.6. The molecule has 4 aliphatic rings. The molecule has 0 aromatic rings. The van der Waals surface area contributed by atoms with Crippen molar-refractivity contribution in [2.24, 2.45) is 40.9 Å². The Bertz CT molecular complexity index is 538. The molecule has 148 valence electrons. The van der Waals surface area contributed by atoms with Gasteiger partial charge in [-0.3, -0.25) is 0 Å². The standard InChI is InChI=1S/C24H40O2/c1-15(4-5-16(2)25)22-10-11-23-21-8-6-17-14-18(26)7-9-19(17)20(21)12-13-24(22,23)3/h6,15-16,18-23,25-26H,4-5,7-14H2,1-3H3. The summed E-state index contributed by atoms with van der Waals surface area (Å²) in [4.78, 5) is 0. The van der Waals surface area contributed by atoms with Gasteiger partial charge in [0.05, 0.1) is 12.2 Å². The van der Waals surface area contributed by atoms with E-state index in [1.807, 2.05) is 6.92 Å². The molecule has 0 heterocycles. The van der Waals surface area contributed by atoms with Crippen LogP contribution >= 0.6 is 0 Å². The predicted molar refractivity (Wildman–Crippen MR) is 107 cm³/mol. The number of hydrogen-bond donors (Lipinski definition) is 2. The molecule has 9 unspecified atom stereocenters. The fourth-order valence-corrected chi connectivity index (χ4v) is 7.93. The van der Waals surface area contributed by atoms with Crippen LogP contribution in [-0.4, -0.2) is 22.4 Å². The third-order valence-corrected chi connectivity index (χ3v) is 9.22. The van der Waals surface area contributed by atoms with Gasteiger partial charge in [-0.25, -0.2) is 0 Å². The molecule has 3 saturated carbocycles. The monoisotopic (exact) mass is 360 g/mol. The summed E-state index contributed by atoms with van der Waals surface area (Å²) in [6.45, 7) is 7.01. The molecule has 2 heteroatoms. The van der Waals surface area contributed by atoms with Crippen LogP contribution in [0.2, 0.25) is 0 Å². The number of fused-ring (bicyclic) bond motifs is 5. The number of aliphatic hydroxyl groups is 2. The van der Waals surface area contributed by atoms with Crippen molar-refractivity contribution in [3.63, 3.8) is 0 Å². The lowest BCUT2D eigenvalue weighted by Gasteiger charge is -2.54. The Hall–Kier alpha value is -0.340. The Morgan fingerprint density at radius 3 is 2.65 bits per heavy atom. The van der Waals surface area contributed by atoms with Crippen molar-refractivity contribution in [2.45, 2.75) is 97.2 Å². The average molecular weight is 361 g/mol. The Labute approximate surface area is 160 Å². The molecular weight excluding hydrogens is 320 g/mol. The van der Waals surface area contributed by atoms with Crippen LogP contribution in [0.3, 0.4) is 0 Å². The fourth-order valence-electron chi connectivity index (χ4n) is 7.93. The van der Waals surface area contributed by atoms with Crippen molar-refractivity contribution in [2.75, 3.05) is 0 Å². The van der Waals surface area contributed by atoms with Crippen molar-refractivity contribution in [3.8, 4) is 0 Å². The van der Waals surface area contributed by atoms with E-state index in [9.17, 15) is 10.2 Å². The largest absolute Gasteiger partial charge is 0.393 e. The van der Waals surface area contributed by atoms with Crippen LogP contribution in [0.25, 0.3) is 0 Å². The van der Waals surface area contributed by atoms with Crippen LogP contribution in [0.5, 0.6) is 0 Å². The van der Waals surface area contributed by atoms with Crippen molar-refractivity contribution in [1.82, 2.24) is 0 Å². The maximum Gasteiger partial charge on any atom is 0.0577 e. The summed E-state index contributed by atoms with van der Waals surface area (Å²) in [6.07, 6.45) is 14.6. The van der Waals surface area contributed by atoms with Crippen molar-refractivity contribution >= 4 is 0 Å². The first-order valence-electron chi connectivity index (χ1n) is 11.4. The first-order valence-corrected chi connectivity index (χ1v) is 11.4. The highest BCUT2D eigenvalue weighted by molar-refractivity contribution is 5.20. The third-order valence-electron chi connectivity index (χ3n) is 9.22. The number of hydrogen-bond acceptors (Lipinski definition) is 2. The maximum absolute atomic E-state index is 10.1. The summed E-state index contributed by atoms with van der Waals surface area (Å²) >= 11 is 0. The minimum absolute atomic E-state index is 0.0754. The zero-order chi connectivity index (χ0) is 18.5. The van der Waals surface area contributed by atoms with Crippen molar-refractivity contribution in [1.29, 1.82) is 0 Å². The molecule has 26 heavy (non-hydrogen) atoms. The molecule has 4 aliphatic carbocycles. The zero-order valence-corrected chi connectivity index (χ0v) is 17.2. The van der Waals surface area contributed by atoms with E-state index in [0.29, 0.717) is 5.41 Å². The van der Waals surface area contributed by atoms with E-state index in [1.165, 1.54) is 44.9 Å².